The minimum Gasteiger partial charge on any atom is -0.396 e. The third-order valence-electron chi connectivity index (χ3n) is 2.80. The van der Waals surface area contributed by atoms with Gasteiger partial charge in [-0.25, -0.2) is 0 Å². The van der Waals surface area contributed by atoms with Crippen LogP contribution in [0, 0.1) is 6.92 Å². The molecule has 18 heavy (non-hydrogen) atoms. The fraction of sp³-hybridized carbons (Fsp3) is 0.571. The molecule has 1 rings (SSSR count). The quantitative estimate of drug-likeness (QED) is 0.757. The van der Waals surface area contributed by atoms with Gasteiger partial charge in [-0.3, -0.25) is 4.21 Å². The van der Waals surface area contributed by atoms with Gasteiger partial charge in [0.2, 0.25) is 0 Å². The fourth-order valence-corrected chi connectivity index (χ4v) is 3.00. The molecule has 2 atom stereocenters. The van der Waals surface area contributed by atoms with Crippen molar-refractivity contribution in [2.24, 2.45) is 0 Å². The molecule has 0 aliphatic carbocycles. The van der Waals surface area contributed by atoms with Gasteiger partial charge in [0.15, 0.2) is 0 Å². The third kappa shape index (κ3) is 5.29. The molecule has 0 aromatic heterocycles. The molecule has 0 amide bonds. The van der Waals surface area contributed by atoms with Gasteiger partial charge in [-0.2, -0.15) is 0 Å². The van der Waals surface area contributed by atoms with Crippen molar-refractivity contribution in [3.05, 3.63) is 29.8 Å². The van der Waals surface area contributed by atoms with Crippen molar-refractivity contribution in [2.45, 2.75) is 37.6 Å². The highest BCUT2D eigenvalue weighted by Crippen LogP contribution is 2.10. The lowest BCUT2D eigenvalue weighted by molar-refractivity contribution is 0.270. The van der Waals surface area contributed by atoms with Gasteiger partial charge < -0.3 is 10.4 Å². The lowest BCUT2D eigenvalue weighted by Gasteiger charge is -2.17. The van der Waals surface area contributed by atoms with Crippen LogP contribution in [0.2, 0.25) is 0 Å². The summed E-state index contributed by atoms with van der Waals surface area (Å²) in [6, 6.07) is 7.92. The molecular weight excluding hydrogens is 246 g/mol. The van der Waals surface area contributed by atoms with Gasteiger partial charge in [0.05, 0.1) is 10.8 Å². The summed E-state index contributed by atoms with van der Waals surface area (Å²) in [7, 11) is -1.00. The Bertz CT molecular complexity index is 365. The van der Waals surface area contributed by atoms with Crippen LogP contribution in [0.3, 0.4) is 0 Å². The van der Waals surface area contributed by atoms with Crippen molar-refractivity contribution in [1.29, 1.82) is 0 Å². The lowest BCUT2D eigenvalue weighted by Crippen LogP contribution is -2.35. The minimum atomic E-state index is -1.00. The third-order valence-corrected chi connectivity index (χ3v) is 4.30. The van der Waals surface area contributed by atoms with Crippen LogP contribution in [-0.2, 0) is 10.8 Å². The number of rotatable bonds is 8. The Morgan fingerprint density at radius 3 is 2.56 bits per heavy atom. The predicted molar refractivity (Wildman–Crippen MR) is 76.2 cm³/mol. The first-order valence-corrected chi connectivity index (χ1v) is 7.78. The molecule has 4 heteroatoms. The molecule has 0 bridgehead atoms. The van der Waals surface area contributed by atoms with E-state index in [0.717, 1.165) is 17.9 Å². The normalized spacial score (nSPS) is 14.4. The van der Waals surface area contributed by atoms with Crippen LogP contribution >= 0.6 is 0 Å². The van der Waals surface area contributed by atoms with E-state index in [9.17, 15) is 4.21 Å². The van der Waals surface area contributed by atoms with E-state index in [4.69, 9.17) is 5.11 Å². The molecule has 0 aliphatic heterocycles. The van der Waals surface area contributed by atoms with Crippen LogP contribution in [0.15, 0.2) is 29.2 Å². The number of benzene rings is 1. The number of nitrogens with one attached hydrogen (secondary N) is 1. The SMILES string of the molecule is CCCNC(CCO)CS(=O)c1ccc(C)cc1. The number of aliphatic hydroxyl groups excluding tert-OH is 1. The maximum Gasteiger partial charge on any atom is 0.0545 e. The van der Waals surface area contributed by atoms with Crippen LogP contribution in [0.25, 0.3) is 0 Å². The van der Waals surface area contributed by atoms with E-state index >= 15 is 0 Å². The minimum absolute atomic E-state index is 0.122. The predicted octanol–water partition coefficient (Wildman–Crippen LogP) is 1.85. The molecule has 0 saturated carbocycles. The van der Waals surface area contributed by atoms with E-state index in [1.165, 1.54) is 5.56 Å². The zero-order valence-electron chi connectivity index (χ0n) is 11.2. The van der Waals surface area contributed by atoms with Crippen LogP contribution < -0.4 is 5.32 Å². The average Bonchev–Trinajstić information content (AvgIpc) is 2.37. The molecule has 0 radical (unpaired) electrons. The maximum atomic E-state index is 12.2. The van der Waals surface area contributed by atoms with Crippen molar-refractivity contribution in [3.8, 4) is 0 Å². The van der Waals surface area contributed by atoms with E-state index in [-0.39, 0.29) is 12.6 Å². The van der Waals surface area contributed by atoms with Gasteiger partial charge in [0.1, 0.15) is 0 Å². The summed E-state index contributed by atoms with van der Waals surface area (Å²) in [6.45, 7) is 5.15. The molecule has 102 valence electrons. The van der Waals surface area contributed by atoms with E-state index in [1.807, 2.05) is 31.2 Å². The number of aliphatic hydroxyl groups is 1. The molecule has 0 fully saturated rings. The highest BCUT2D eigenvalue weighted by atomic mass is 32.2. The molecule has 3 nitrogen and oxygen atoms in total. The Morgan fingerprint density at radius 2 is 2.00 bits per heavy atom. The van der Waals surface area contributed by atoms with Gasteiger partial charge in [-0.1, -0.05) is 24.6 Å². The summed E-state index contributed by atoms with van der Waals surface area (Å²) < 4.78 is 12.2. The Kier molecular flexibility index (Phi) is 7.16. The van der Waals surface area contributed by atoms with Crippen LogP contribution in [-0.4, -0.2) is 34.3 Å². The zero-order chi connectivity index (χ0) is 13.4. The summed E-state index contributed by atoms with van der Waals surface area (Å²) in [4.78, 5) is 0.863. The largest absolute Gasteiger partial charge is 0.396 e. The first kappa shape index (κ1) is 15.3. The summed E-state index contributed by atoms with van der Waals surface area (Å²) in [6.07, 6.45) is 1.69. The second-order valence-corrected chi connectivity index (χ2v) is 5.98. The molecule has 1 aromatic rings. The number of hydrogen-bond donors (Lipinski definition) is 2. The van der Waals surface area contributed by atoms with Crippen molar-refractivity contribution >= 4 is 10.8 Å². The van der Waals surface area contributed by atoms with Gasteiger partial charge in [-0.05, 0) is 38.4 Å². The zero-order valence-corrected chi connectivity index (χ0v) is 12.0. The molecule has 0 heterocycles. The van der Waals surface area contributed by atoms with Gasteiger partial charge >= 0.3 is 0 Å². The van der Waals surface area contributed by atoms with Crippen molar-refractivity contribution in [3.63, 3.8) is 0 Å². The summed E-state index contributed by atoms with van der Waals surface area (Å²) >= 11 is 0. The Labute approximate surface area is 112 Å². The van der Waals surface area contributed by atoms with Gasteiger partial charge in [0.25, 0.3) is 0 Å². The van der Waals surface area contributed by atoms with Gasteiger partial charge in [-0.15, -0.1) is 0 Å². The molecule has 2 N–H and O–H groups in total. The molecule has 0 aliphatic rings. The average molecular weight is 269 g/mol. The maximum absolute atomic E-state index is 12.2. The standard InChI is InChI=1S/C14H23NO2S/c1-3-9-15-13(8-10-16)11-18(17)14-6-4-12(2)5-7-14/h4-7,13,15-16H,3,8-11H2,1-2H3. The summed E-state index contributed by atoms with van der Waals surface area (Å²) in [5, 5.41) is 12.3. The topological polar surface area (TPSA) is 49.3 Å². The second kappa shape index (κ2) is 8.40. The Hall–Kier alpha value is -0.710. The monoisotopic (exact) mass is 269 g/mol. The Balaban J connectivity index is 2.56. The highest BCUT2D eigenvalue weighted by Gasteiger charge is 2.12. The summed E-state index contributed by atoms with van der Waals surface area (Å²) in [5.41, 5.74) is 1.17. The first-order valence-electron chi connectivity index (χ1n) is 6.46. The molecular formula is C14H23NO2S. The van der Waals surface area contributed by atoms with Crippen LogP contribution in [0.5, 0.6) is 0 Å². The van der Waals surface area contributed by atoms with E-state index in [2.05, 4.69) is 12.2 Å². The highest BCUT2D eigenvalue weighted by molar-refractivity contribution is 7.85. The lowest BCUT2D eigenvalue weighted by atomic mass is 10.2. The molecule has 2 unspecified atom stereocenters. The van der Waals surface area contributed by atoms with Gasteiger partial charge in [0, 0.05) is 23.3 Å². The number of aryl methyl sites for hydroxylation is 1. The van der Waals surface area contributed by atoms with E-state index < -0.39 is 10.8 Å². The Morgan fingerprint density at radius 1 is 1.33 bits per heavy atom. The fourth-order valence-electron chi connectivity index (χ4n) is 1.72. The van der Waals surface area contributed by atoms with Crippen molar-refractivity contribution in [2.75, 3.05) is 18.9 Å². The van der Waals surface area contributed by atoms with Crippen LogP contribution in [0.1, 0.15) is 25.3 Å². The second-order valence-electron chi connectivity index (χ2n) is 4.49. The van der Waals surface area contributed by atoms with Crippen LogP contribution in [0.4, 0.5) is 0 Å². The van der Waals surface area contributed by atoms with Crippen molar-refractivity contribution < 1.29 is 9.32 Å². The molecule has 1 aromatic carbocycles. The van der Waals surface area contributed by atoms with E-state index in [1.54, 1.807) is 0 Å². The van der Waals surface area contributed by atoms with E-state index in [0.29, 0.717) is 12.2 Å². The first-order chi connectivity index (χ1) is 8.67. The molecule has 0 saturated heterocycles. The van der Waals surface area contributed by atoms with Crippen molar-refractivity contribution in [1.82, 2.24) is 5.32 Å². The molecule has 0 spiro atoms. The number of hydrogen-bond acceptors (Lipinski definition) is 3. The summed E-state index contributed by atoms with van der Waals surface area (Å²) in [5.74, 6) is 0.559. The smallest absolute Gasteiger partial charge is 0.0545 e.